The first kappa shape index (κ1) is 16.6. The van der Waals surface area contributed by atoms with Crippen molar-refractivity contribution >= 4 is 11.6 Å². The Labute approximate surface area is 134 Å². The Hall–Kier alpha value is -2.76. The van der Waals surface area contributed by atoms with Crippen LogP contribution >= 0.6 is 0 Å². The van der Waals surface area contributed by atoms with E-state index in [1.54, 1.807) is 25.1 Å². The molecule has 2 aromatic rings. The number of rotatable bonds is 6. The third-order valence-electron chi connectivity index (χ3n) is 3.12. The molecule has 2 aromatic carbocycles. The van der Waals surface area contributed by atoms with E-state index in [2.05, 4.69) is 5.32 Å². The molecular weight excluding hydrogens is 301 g/mol. The van der Waals surface area contributed by atoms with E-state index in [0.29, 0.717) is 22.9 Å². The molecule has 1 atom stereocenters. The Bertz CT molecular complexity index is 651. The summed E-state index contributed by atoms with van der Waals surface area (Å²) in [6, 6.07) is 10.5. The second-order valence-corrected chi connectivity index (χ2v) is 4.80. The number of hydrogen-bond acceptors (Lipinski definition) is 4. The van der Waals surface area contributed by atoms with Crippen molar-refractivity contribution in [1.29, 1.82) is 0 Å². The van der Waals surface area contributed by atoms with Crippen LogP contribution in [0.4, 0.5) is 10.1 Å². The third-order valence-corrected chi connectivity index (χ3v) is 3.12. The molecule has 122 valence electrons. The summed E-state index contributed by atoms with van der Waals surface area (Å²) >= 11 is 0. The summed E-state index contributed by atoms with van der Waals surface area (Å²) < 4.78 is 28.8. The third kappa shape index (κ3) is 4.60. The van der Waals surface area contributed by atoms with E-state index >= 15 is 0 Å². The average molecular weight is 319 g/mol. The van der Waals surface area contributed by atoms with Gasteiger partial charge in [-0.15, -0.1) is 0 Å². The highest BCUT2D eigenvalue weighted by molar-refractivity contribution is 5.94. The molecule has 0 unspecified atom stereocenters. The van der Waals surface area contributed by atoms with Crippen LogP contribution in [-0.4, -0.2) is 26.2 Å². The number of carbonyl (C=O) groups excluding carboxylic acids is 1. The van der Waals surface area contributed by atoms with Gasteiger partial charge >= 0.3 is 0 Å². The topological polar surface area (TPSA) is 56.8 Å². The van der Waals surface area contributed by atoms with Gasteiger partial charge < -0.3 is 19.5 Å². The van der Waals surface area contributed by atoms with Crippen LogP contribution in [0, 0.1) is 5.82 Å². The number of carbonyl (C=O) groups is 1. The van der Waals surface area contributed by atoms with Gasteiger partial charge in [-0.05, 0) is 31.2 Å². The summed E-state index contributed by atoms with van der Waals surface area (Å²) in [7, 11) is 3.06. The molecule has 0 spiro atoms. The van der Waals surface area contributed by atoms with Crippen LogP contribution in [0.5, 0.6) is 17.2 Å². The zero-order valence-corrected chi connectivity index (χ0v) is 13.1. The minimum Gasteiger partial charge on any atom is -0.496 e. The molecule has 0 fully saturated rings. The summed E-state index contributed by atoms with van der Waals surface area (Å²) in [5, 5.41) is 2.65. The van der Waals surface area contributed by atoms with Gasteiger partial charge in [0, 0.05) is 23.9 Å². The van der Waals surface area contributed by atoms with E-state index < -0.39 is 6.10 Å². The fraction of sp³-hybridized carbons (Fsp3) is 0.235. The molecule has 0 aromatic heterocycles. The van der Waals surface area contributed by atoms with E-state index in [-0.39, 0.29) is 11.7 Å². The van der Waals surface area contributed by atoms with Gasteiger partial charge in [-0.1, -0.05) is 0 Å². The number of methoxy groups -OCH3 is 2. The van der Waals surface area contributed by atoms with Crippen LogP contribution in [0.25, 0.3) is 0 Å². The van der Waals surface area contributed by atoms with E-state index in [1.807, 2.05) is 0 Å². The summed E-state index contributed by atoms with van der Waals surface area (Å²) in [4.78, 5) is 12.1. The molecule has 0 saturated heterocycles. The second-order valence-electron chi connectivity index (χ2n) is 4.80. The molecule has 0 radical (unpaired) electrons. The van der Waals surface area contributed by atoms with Crippen molar-refractivity contribution in [3.8, 4) is 17.2 Å². The summed E-state index contributed by atoms with van der Waals surface area (Å²) in [5.41, 5.74) is 0.495. The Kier molecular flexibility index (Phi) is 5.41. The predicted octanol–water partition coefficient (Wildman–Crippen LogP) is 3.25. The van der Waals surface area contributed by atoms with Crippen LogP contribution in [-0.2, 0) is 4.79 Å². The Balaban J connectivity index is 2.04. The molecule has 0 heterocycles. The van der Waals surface area contributed by atoms with Crippen molar-refractivity contribution in [2.24, 2.45) is 0 Å². The maximum atomic E-state index is 12.9. The fourth-order valence-electron chi connectivity index (χ4n) is 1.88. The zero-order valence-electron chi connectivity index (χ0n) is 13.1. The molecule has 5 nitrogen and oxygen atoms in total. The van der Waals surface area contributed by atoms with Crippen molar-refractivity contribution in [2.75, 3.05) is 19.5 Å². The van der Waals surface area contributed by atoms with Crippen LogP contribution < -0.4 is 19.5 Å². The van der Waals surface area contributed by atoms with Crippen molar-refractivity contribution in [2.45, 2.75) is 13.0 Å². The van der Waals surface area contributed by atoms with Crippen LogP contribution in [0.1, 0.15) is 6.92 Å². The summed E-state index contributed by atoms with van der Waals surface area (Å²) in [5.74, 6) is 0.855. The SMILES string of the molecule is COc1cc(OC)cc(O[C@@H](C)C(=O)Nc2ccc(F)cc2)c1. The second kappa shape index (κ2) is 7.49. The van der Waals surface area contributed by atoms with Crippen LogP contribution in [0.15, 0.2) is 42.5 Å². The Morgan fingerprint density at radius 3 is 2.04 bits per heavy atom. The van der Waals surface area contributed by atoms with Crippen molar-refractivity contribution in [3.05, 3.63) is 48.3 Å². The van der Waals surface area contributed by atoms with E-state index in [4.69, 9.17) is 14.2 Å². The largest absolute Gasteiger partial charge is 0.496 e. The summed E-state index contributed by atoms with van der Waals surface area (Å²) in [6.07, 6.45) is -0.753. The number of ether oxygens (including phenoxy) is 3. The lowest BCUT2D eigenvalue weighted by molar-refractivity contribution is -0.122. The molecular formula is C17H18FNO4. The van der Waals surface area contributed by atoms with Gasteiger partial charge in [0.15, 0.2) is 6.10 Å². The average Bonchev–Trinajstić information content (AvgIpc) is 2.56. The van der Waals surface area contributed by atoms with E-state index in [1.165, 1.54) is 38.5 Å². The Morgan fingerprint density at radius 1 is 1.00 bits per heavy atom. The number of benzene rings is 2. The molecule has 2 rings (SSSR count). The van der Waals surface area contributed by atoms with E-state index in [9.17, 15) is 9.18 Å². The molecule has 0 aliphatic rings. The first-order chi connectivity index (χ1) is 11.0. The van der Waals surface area contributed by atoms with Crippen molar-refractivity contribution in [3.63, 3.8) is 0 Å². The molecule has 6 heteroatoms. The molecule has 0 bridgehead atoms. The zero-order chi connectivity index (χ0) is 16.8. The molecule has 1 N–H and O–H groups in total. The van der Waals surface area contributed by atoms with Gasteiger partial charge in [0.25, 0.3) is 5.91 Å². The first-order valence-corrected chi connectivity index (χ1v) is 6.98. The van der Waals surface area contributed by atoms with Gasteiger partial charge in [-0.25, -0.2) is 4.39 Å². The molecule has 23 heavy (non-hydrogen) atoms. The lowest BCUT2D eigenvalue weighted by Crippen LogP contribution is -2.30. The number of amides is 1. The molecule has 0 aliphatic heterocycles. The highest BCUT2D eigenvalue weighted by atomic mass is 19.1. The van der Waals surface area contributed by atoms with Crippen molar-refractivity contribution < 1.29 is 23.4 Å². The van der Waals surface area contributed by atoms with Gasteiger partial charge in [0.2, 0.25) is 0 Å². The predicted molar refractivity (Wildman–Crippen MR) is 84.7 cm³/mol. The highest BCUT2D eigenvalue weighted by Crippen LogP contribution is 2.28. The molecule has 1 amide bonds. The van der Waals surface area contributed by atoms with E-state index in [0.717, 1.165) is 0 Å². The first-order valence-electron chi connectivity index (χ1n) is 6.98. The van der Waals surface area contributed by atoms with Gasteiger partial charge in [0.05, 0.1) is 14.2 Å². The fourth-order valence-corrected chi connectivity index (χ4v) is 1.88. The van der Waals surface area contributed by atoms with Crippen molar-refractivity contribution in [1.82, 2.24) is 0 Å². The smallest absolute Gasteiger partial charge is 0.265 e. The number of halogens is 1. The maximum Gasteiger partial charge on any atom is 0.265 e. The Morgan fingerprint density at radius 2 is 1.52 bits per heavy atom. The van der Waals surface area contributed by atoms with Gasteiger partial charge in [0.1, 0.15) is 23.1 Å². The molecule has 0 aliphatic carbocycles. The highest BCUT2D eigenvalue weighted by Gasteiger charge is 2.16. The minimum atomic E-state index is -0.753. The summed E-state index contributed by atoms with van der Waals surface area (Å²) in [6.45, 7) is 1.62. The number of hydrogen-bond donors (Lipinski definition) is 1. The standard InChI is InChI=1S/C17H18FNO4/c1-11(17(20)19-13-6-4-12(18)5-7-13)23-16-9-14(21-2)8-15(10-16)22-3/h4-11H,1-3H3,(H,19,20)/t11-/m0/s1. The maximum absolute atomic E-state index is 12.9. The lowest BCUT2D eigenvalue weighted by Gasteiger charge is -2.16. The van der Waals surface area contributed by atoms with Gasteiger partial charge in [-0.3, -0.25) is 4.79 Å². The normalized spacial score (nSPS) is 11.5. The molecule has 0 saturated carbocycles. The number of anilines is 1. The van der Waals surface area contributed by atoms with Gasteiger partial charge in [-0.2, -0.15) is 0 Å². The number of nitrogens with one attached hydrogen (secondary N) is 1. The monoisotopic (exact) mass is 319 g/mol. The lowest BCUT2D eigenvalue weighted by atomic mass is 10.2. The minimum absolute atomic E-state index is 0.349. The quantitative estimate of drug-likeness (QED) is 0.888. The van der Waals surface area contributed by atoms with Crippen LogP contribution in [0.2, 0.25) is 0 Å². The van der Waals surface area contributed by atoms with Crippen LogP contribution in [0.3, 0.4) is 0 Å².